The third-order valence-corrected chi connectivity index (χ3v) is 2.84. The molecule has 3 heteroatoms. The molecule has 0 aliphatic carbocycles. The number of hydrogen-bond donors (Lipinski definition) is 1. The van der Waals surface area contributed by atoms with Crippen LogP contribution in [0.25, 0.3) is 0 Å². The van der Waals surface area contributed by atoms with Gasteiger partial charge >= 0.3 is 0 Å². The first-order chi connectivity index (χ1) is 8.30. The molecule has 102 valence electrons. The van der Waals surface area contributed by atoms with Crippen LogP contribution in [0, 0.1) is 23.0 Å². The van der Waals surface area contributed by atoms with Crippen molar-refractivity contribution in [3.63, 3.8) is 0 Å². The number of benzene rings is 1. The van der Waals surface area contributed by atoms with E-state index < -0.39 is 11.6 Å². The number of nitrogens with one attached hydrogen (secondary N) is 1. The van der Waals surface area contributed by atoms with Crippen LogP contribution in [0.15, 0.2) is 18.2 Å². The average Bonchev–Trinajstić information content (AvgIpc) is 2.21. The molecule has 0 saturated heterocycles. The van der Waals surface area contributed by atoms with Crippen LogP contribution in [0.3, 0.4) is 0 Å². The first-order valence-electron chi connectivity index (χ1n) is 6.45. The molecule has 1 aromatic carbocycles. The summed E-state index contributed by atoms with van der Waals surface area (Å²) in [6.45, 7) is 10.3. The smallest absolute Gasteiger partial charge is 0.129 e. The molecule has 1 aromatic rings. The zero-order valence-electron chi connectivity index (χ0n) is 11.7. The molecule has 0 fully saturated rings. The highest BCUT2D eigenvalue weighted by Gasteiger charge is 2.20. The fourth-order valence-electron chi connectivity index (χ4n) is 1.94. The standard InChI is InChI=1S/C15H23F2N/c1-11(2)9-18-10-15(3,4)8-12-5-6-13(16)7-14(12)17/h5-7,11,18H,8-10H2,1-4H3. The fraction of sp³-hybridized carbons (Fsp3) is 0.600. The van der Waals surface area contributed by atoms with Gasteiger partial charge in [-0.2, -0.15) is 0 Å². The van der Waals surface area contributed by atoms with Gasteiger partial charge in [-0.15, -0.1) is 0 Å². The van der Waals surface area contributed by atoms with E-state index in [9.17, 15) is 8.78 Å². The van der Waals surface area contributed by atoms with Crippen LogP contribution in [0.2, 0.25) is 0 Å². The lowest BCUT2D eigenvalue weighted by Gasteiger charge is -2.26. The molecule has 1 rings (SSSR count). The Morgan fingerprint density at radius 3 is 2.44 bits per heavy atom. The van der Waals surface area contributed by atoms with Crippen LogP contribution >= 0.6 is 0 Å². The molecule has 0 atom stereocenters. The van der Waals surface area contributed by atoms with Crippen LogP contribution in [0.5, 0.6) is 0 Å². The minimum atomic E-state index is -0.521. The van der Waals surface area contributed by atoms with Gasteiger partial charge in [-0.3, -0.25) is 0 Å². The van der Waals surface area contributed by atoms with E-state index in [1.54, 1.807) is 0 Å². The minimum absolute atomic E-state index is 0.0481. The minimum Gasteiger partial charge on any atom is -0.316 e. The van der Waals surface area contributed by atoms with Crippen molar-refractivity contribution in [2.45, 2.75) is 34.1 Å². The zero-order chi connectivity index (χ0) is 13.8. The molecular formula is C15H23F2N. The van der Waals surface area contributed by atoms with E-state index in [4.69, 9.17) is 0 Å². The van der Waals surface area contributed by atoms with Crippen LogP contribution in [0.4, 0.5) is 8.78 Å². The zero-order valence-corrected chi connectivity index (χ0v) is 11.7. The Hall–Kier alpha value is -0.960. The molecule has 0 aliphatic heterocycles. The lowest BCUT2D eigenvalue weighted by atomic mass is 9.85. The molecule has 0 amide bonds. The summed E-state index contributed by atoms with van der Waals surface area (Å²) in [5.41, 5.74) is 0.529. The van der Waals surface area contributed by atoms with Gasteiger partial charge in [0.15, 0.2) is 0 Å². The molecule has 0 heterocycles. The number of rotatable bonds is 6. The van der Waals surface area contributed by atoms with E-state index in [2.05, 4.69) is 33.0 Å². The second-order valence-electron chi connectivity index (χ2n) is 6.10. The quantitative estimate of drug-likeness (QED) is 0.815. The van der Waals surface area contributed by atoms with Crippen molar-refractivity contribution < 1.29 is 8.78 Å². The molecule has 0 spiro atoms. The highest BCUT2D eigenvalue weighted by atomic mass is 19.1. The molecule has 1 nitrogen and oxygen atoms in total. The van der Waals surface area contributed by atoms with Crippen molar-refractivity contribution in [3.8, 4) is 0 Å². The maximum absolute atomic E-state index is 13.6. The van der Waals surface area contributed by atoms with E-state index in [0.717, 1.165) is 19.2 Å². The van der Waals surface area contributed by atoms with Gasteiger partial charge in [-0.05, 0) is 35.9 Å². The predicted octanol–water partition coefficient (Wildman–Crippen LogP) is 3.78. The van der Waals surface area contributed by atoms with E-state index in [0.29, 0.717) is 17.9 Å². The molecular weight excluding hydrogens is 232 g/mol. The third kappa shape index (κ3) is 5.13. The first-order valence-corrected chi connectivity index (χ1v) is 6.45. The summed E-state index contributed by atoms with van der Waals surface area (Å²) >= 11 is 0. The first kappa shape index (κ1) is 15.1. The van der Waals surface area contributed by atoms with Crippen molar-refractivity contribution >= 4 is 0 Å². The van der Waals surface area contributed by atoms with E-state index >= 15 is 0 Å². The van der Waals surface area contributed by atoms with Crippen LogP contribution in [0.1, 0.15) is 33.3 Å². The topological polar surface area (TPSA) is 12.0 Å². The SMILES string of the molecule is CC(C)CNCC(C)(C)Cc1ccc(F)cc1F. The van der Waals surface area contributed by atoms with Crippen molar-refractivity contribution in [3.05, 3.63) is 35.4 Å². The van der Waals surface area contributed by atoms with Crippen molar-refractivity contribution in [2.24, 2.45) is 11.3 Å². The van der Waals surface area contributed by atoms with Gasteiger partial charge in [0, 0.05) is 12.6 Å². The molecule has 0 radical (unpaired) electrons. The summed E-state index contributed by atoms with van der Waals surface area (Å²) in [6, 6.07) is 3.80. The summed E-state index contributed by atoms with van der Waals surface area (Å²) in [6.07, 6.45) is 0.601. The highest BCUT2D eigenvalue weighted by Crippen LogP contribution is 2.23. The lowest BCUT2D eigenvalue weighted by molar-refractivity contribution is 0.325. The summed E-state index contributed by atoms with van der Waals surface area (Å²) in [4.78, 5) is 0. The molecule has 0 bridgehead atoms. The Labute approximate surface area is 109 Å². The van der Waals surface area contributed by atoms with Gasteiger partial charge in [-0.1, -0.05) is 33.8 Å². The summed E-state index contributed by atoms with van der Waals surface area (Å²) < 4.78 is 26.4. The summed E-state index contributed by atoms with van der Waals surface area (Å²) in [5.74, 6) is -0.373. The molecule has 0 aliphatic rings. The van der Waals surface area contributed by atoms with Gasteiger partial charge in [0.05, 0.1) is 0 Å². The second-order valence-corrected chi connectivity index (χ2v) is 6.10. The highest BCUT2D eigenvalue weighted by molar-refractivity contribution is 5.19. The Kier molecular flexibility index (Phi) is 5.27. The van der Waals surface area contributed by atoms with Crippen molar-refractivity contribution in [1.82, 2.24) is 5.32 Å². The Morgan fingerprint density at radius 1 is 1.22 bits per heavy atom. The molecule has 18 heavy (non-hydrogen) atoms. The largest absolute Gasteiger partial charge is 0.316 e. The van der Waals surface area contributed by atoms with Gasteiger partial charge in [0.1, 0.15) is 11.6 Å². The number of hydrogen-bond acceptors (Lipinski definition) is 1. The Bertz CT molecular complexity index is 386. The summed E-state index contributed by atoms with van der Waals surface area (Å²) in [7, 11) is 0. The molecule has 0 aromatic heterocycles. The summed E-state index contributed by atoms with van der Waals surface area (Å²) in [5, 5.41) is 3.38. The van der Waals surface area contributed by atoms with Gasteiger partial charge in [0.25, 0.3) is 0 Å². The normalized spacial score (nSPS) is 12.2. The third-order valence-electron chi connectivity index (χ3n) is 2.84. The molecule has 0 unspecified atom stereocenters. The van der Waals surface area contributed by atoms with Crippen molar-refractivity contribution in [1.29, 1.82) is 0 Å². The average molecular weight is 255 g/mol. The lowest BCUT2D eigenvalue weighted by Crippen LogP contribution is -2.33. The van der Waals surface area contributed by atoms with E-state index in [1.807, 2.05) is 0 Å². The monoisotopic (exact) mass is 255 g/mol. The van der Waals surface area contributed by atoms with Gasteiger partial charge in [0.2, 0.25) is 0 Å². The van der Waals surface area contributed by atoms with Gasteiger partial charge < -0.3 is 5.32 Å². The fourth-order valence-corrected chi connectivity index (χ4v) is 1.94. The molecule has 0 saturated carbocycles. The van der Waals surface area contributed by atoms with Crippen LogP contribution < -0.4 is 5.32 Å². The van der Waals surface area contributed by atoms with Crippen LogP contribution in [-0.2, 0) is 6.42 Å². The maximum atomic E-state index is 13.6. The van der Waals surface area contributed by atoms with E-state index in [1.165, 1.54) is 12.1 Å². The maximum Gasteiger partial charge on any atom is 0.129 e. The Morgan fingerprint density at radius 2 is 1.89 bits per heavy atom. The van der Waals surface area contributed by atoms with E-state index in [-0.39, 0.29) is 5.41 Å². The van der Waals surface area contributed by atoms with Crippen LogP contribution in [-0.4, -0.2) is 13.1 Å². The Balaban J connectivity index is 2.58. The second kappa shape index (κ2) is 6.28. The number of halogens is 2. The molecule has 1 N–H and O–H groups in total. The van der Waals surface area contributed by atoms with Gasteiger partial charge in [-0.25, -0.2) is 8.78 Å². The predicted molar refractivity (Wildman–Crippen MR) is 71.6 cm³/mol. The van der Waals surface area contributed by atoms with Crippen molar-refractivity contribution in [2.75, 3.05) is 13.1 Å².